The summed E-state index contributed by atoms with van der Waals surface area (Å²) >= 11 is 0. The summed E-state index contributed by atoms with van der Waals surface area (Å²) < 4.78 is 0. The van der Waals surface area contributed by atoms with Crippen molar-refractivity contribution in [3.63, 3.8) is 0 Å². The molecule has 16 heavy (non-hydrogen) atoms. The highest BCUT2D eigenvalue weighted by Gasteiger charge is 2.31. The van der Waals surface area contributed by atoms with Gasteiger partial charge in [-0.2, -0.15) is 0 Å². The van der Waals surface area contributed by atoms with E-state index in [1.54, 1.807) is 0 Å². The fraction of sp³-hybridized carbons (Fsp3) is 1.00. The average molecular weight is 227 g/mol. The van der Waals surface area contributed by atoms with Gasteiger partial charge in [-0.1, -0.05) is 39.5 Å². The smallest absolute Gasteiger partial charge is 0.0771 e. The fourth-order valence-corrected chi connectivity index (χ4v) is 2.66. The molecule has 1 fully saturated rings. The first-order valence-electron chi connectivity index (χ1n) is 6.95. The van der Waals surface area contributed by atoms with Crippen molar-refractivity contribution in [3.8, 4) is 0 Å². The average Bonchev–Trinajstić information content (AvgIpc) is 2.44. The molecule has 0 aromatic heterocycles. The van der Waals surface area contributed by atoms with Crippen LogP contribution in [-0.2, 0) is 0 Å². The summed E-state index contributed by atoms with van der Waals surface area (Å²) in [6.45, 7) is 8.16. The van der Waals surface area contributed by atoms with Crippen molar-refractivity contribution in [2.75, 3.05) is 13.1 Å². The molecule has 0 bridgehead atoms. The van der Waals surface area contributed by atoms with Crippen molar-refractivity contribution in [1.82, 2.24) is 5.32 Å². The van der Waals surface area contributed by atoms with Crippen LogP contribution in [0.1, 0.15) is 59.3 Å². The van der Waals surface area contributed by atoms with E-state index >= 15 is 0 Å². The Morgan fingerprint density at radius 2 is 1.75 bits per heavy atom. The maximum absolute atomic E-state index is 10.5. The van der Waals surface area contributed by atoms with Crippen molar-refractivity contribution in [1.29, 1.82) is 0 Å². The van der Waals surface area contributed by atoms with Gasteiger partial charge >= 0.3 is 0 Å². The molecule has 1 saturated carbocycles. The van der Waals surface area contributed by atoms with Crippen molar-refractivity contribution >= 4 is 0 Å². The standard InChI is InChI=1S/C14H29NO/c1-12(2)10-15-11-14(3,16)13-8-6-4-5-7-9-13/h12-13,15-16H,4-11H2,1-3H3. The number of hydrogen-bond acceptors (Lipinski definition) is 2. The second kappa shape index (κ2) is 6.61. The highest BCUT2D eigenvalue weighted by Crippen LogP contribution is 2.31. The van der Waals surface area contributed by atoms with Crippen LogP contribution < -0.4 is 5.32 Å². The van der Waals surface area contributed by atoms with Gasteiger partial charge in [0.2, 0.25) is 0 Å². The Hall–Kier alpha value is -0.0800. The van der Waals surface area contributed by atoms with E-state index in [1.807, 2.05) is 6.92 Å². The van der Waals surface area contributed by atoms with Gasteiger partial charge in [0.15, 0.2) is 0 Å². The molecule has 1 atom stereocenters. The second-order valence-corrected chi connectivity index (χ2v) is 6.07. The quantitative estimate of drug-likeness (QED) is 0.708. The summed E-state index contributed by atoms with van der Waals surface area (Å²) in [6, 6.07) is 0. The Bertz CT molecular complexity index is 181. The molecule has 2 nitrogen and oxygen atoms in total. The van der Waals surface area contributed by atoms with Gasteiger partial charge in [0.25, 0.3) is 0 Å². The van der Waals surface area contributed by atoms with Crippen LogP contribution in [0.25, 0.3) is 0 Å². The Morgan fingerprint density at radius 1 is 1.19 bits per heavy atom. The van der Waals surface area contributed by atoms with Gasteiger partial charge in [-0.25, -0.2) is 0 Å². The molecule has 0 saturated heterocycles. The van der Waals surface area contributed by atoms with E-state index in [0.29, 0.717) is 11.8 Å². The molecule has 0 aliphatic heterocycles. The Morgan fingerprint density at radius 3 is 2.25 bits per heavy atom. The van der Waals surface area contributed by atoms with Crippen LogP contribution in [0.3, 0.4) is 0 Å². The maximum atomic E-state index is 10.5. The third-order valence-corrected chi connectivity index (χ3v) is 3.77. The van der Waals surface area contributed by atoms with Crippen LogP contribution in [0.5, 0.6) is 0 Å². The zero-order valence-corrected chi connectivity index (χ0v) is 11.3. The highest BCUT2D eigenvalue weighted by molar-refractivity contribution is 4.85. The monoisotopic (exact) mass is 227 g/mol. The van der Waals surface area contributed by atoms with E-state index in [9.17, 15) is 5.11 Å². The van der Waals surface area contributed by atoms with E-state index in [2.05, 4.69) is 19.2 Å². The molecule has 0 radical (unpaired) electrons. The number of rotatable bonds is 5. The number of nitrogens with one attached hydrogen (secondary N) is 1. The van der Waals surface area contributed by atoms with Crippen LogP contribution in [-0.4, -0.2) is 23.8 Å². The van der Waals surface area contributed by atoms with Crippen molar-refractivity contribution in [3.05, 3.63) is 0 Å². The molecule has 1 aliphatic carbocycles. The molecule has 1 rings (SSSR count). The predicted octanol–water partition coefficient (Wildman–Crippen LogP) is 2.95. The molecule has 0 aromatic carbocycles. The van der Waals surface area contributed by atoms with Gasteiger partial charge in [-0.3, -0.25) is 0 Å². The van der Waals surface area contributed by atoms with E-state index in [1.165, 1.54) is 38.5 Å². The van der Waals surface area contributed by atoms with Crippen molar-refractivity contribution in [2.45, 2.75) is 64.9 Å². The Balaban J connectivity index is 2.34. The predicted molar refractivity (Wildman–Crippen MR) is 69.5 cm³/mol. The lowest BCUT2D eigenvalue weighted by molar-refractivity contribution is -0.00683. The number of hydrogen-bond donors (Lipinski definition) is 2. The van der Waals surface area contributed by atoms with E-state index in [0.717, 1.165) is 13.1 Å². The third-order valence-electron chi connectivity index (χ3n) is 3.77. The summed E-state index contributed by atoms with van der Waals surface area (Å²) in [7, 11) is 0. The second-order valence-electron chi connectivity index (χ2n) is 6.07. The van der Waals surface area contributed by atoms with Gasteiger partial charge in [0, 0.05) is 6.54 Å². The minimum atomic E-state index is -0.515. The first-order valence-corrected chi connectivity index (χ1v) is 6.95. The highest BCUT2D eigenvalue weighted by atomic mass is 16.3. The van der Waals surface area contributed by atoms with E-state index in [4.69, 9.17) is 0 Å². The Kier molecular flexibility index (Phi) is 5.77. The van der Waals surface area contributed by atoms with Crippen molar-refractivity contribution < 1.29 is 5.11 Å². The van der Waals surface area contributed by atoms with Crippen molar-refractivity contribution in [2.24, 2.45) is 11.8 Å². The summed E-state index contributed by atoms with van der Waals surface area (Å²) in [5, 5.41) is 13.9. The van der Waals surface area contributed by atoms with E-state index in [-0.39, 0.29) is 0 Å². The molecule has 0 amide bonds. The topological polar surface area (TPSA) is 32.3 Å². The van der Waals surface area contributed by atoms with Crippen LogP contribution in [0.2, 0.25) is 0 Å². The molecule has 96 valence electrons. The minimum absolute atomic E-state index is 0.495. The molecule has 0 spiro atoms. The van der Waals surface area contributed by atoms with Crippen LogP contribution in [0.4, 0.5) is 0 Å². The van der Waals surface area contributed by atoms with Crippen LogP contribution in [0, 0.1) is 11.8 Å². The van der Waals surface area contributed by atoms with Crippen LogP contribution >= 0.6 is 0 Å². The number of aliphatic hydroxyl groups is 1. The normalized spacial score (nSPS) is 23.1. The van der Waals surface area contributed by atoms with Gasteiger partial charge in [0.05, 0.1) is 5.60 Å². The van der Waals surface area contributed by atoms with Gasteiger partial charge in [-0.05, 0) is 38.1 Å². The molecular formula is C14H29NO. The lowest BCUT2D eigenvalue weighted by atomic mass is 9.83. The van der Waals surface area contributed by atoms with Crippen LogP contribution in [0.15, 0.2) is 0 Å². The molecular weight excluding hydrogens is 198 g/mol. The van der Waals surface area contributed by atoms with Gasteiger partial charge in [0.1, 0.15) is 0 Å². The SMILES string of the molecule is CC(C)CNCC(C)(O)C1CCCCCC1. The summed E-state index contributed by atoms with van der Waals surface area (Å²) in [4.78, 5) is 0. The first kappa shape index (κ1) is 14.0. The summed E-state index contributed by atoms with van der Waals surface area (Å²) in [5.41, 5.74) is -0.515. The summed E-state index contributed by atoms with van der Waals surface area (Å²) in [5.74, 6) is 1.15. The largest absolute Gasteiger partial charge is 0.389 e. The molecule has 0 aromatic rings. The first-order chi connectivity index (χ1) is 7.52. The third kappa shape index (κ3) is 4.84. The molecule has 1 aliphatic rings. The molecule has 2 N–H and O–H groups in total. The zero-order chi connectivity index (χ0) is 12.0. The zero-order valence-electron chi connectivity index (χ0n) is 11.3. The minimum Gasteiger partial charge on any atom is -0.389 e. The van der Waals surface area contributed by atoms with E-state index < -0.39 is 5.60 Å². The molecule has 2 heteroatoms. The molecule has 1 unspecified atom stereocenters. The lowest BCUT2D eigenvalue weighted by Crippen LogP contribution is -2.45. The summed E-state index contributed by atoms with van der Waals surface area (Å²) in [6.07, 6.45) is 7.71. The van der Waals surface area contributed by atoms with Gasteiger partial charge in [-0.15, -0.1) is 0 Å². The lowest BCUT2D eigenvalue weighted by Gasteiger charge is -2.33. The fourth-order valence-electron chi connectivity index (χ4n) is 2.66. The molecule has 0 heterocycles. The maximum Gasteiger partial charge on any atom is 0.0771 e. The van der Waals surface area contributed by atoms with Gasteiger partial charge < -0.3 is 10.4 Å². The Labute approximate surface area is 101 Å².